The molecule has 0 aromatic carbocycles. The maximum atomic E-state index is 2.43. The standard InChI is InChI=1S/2C12H25.2C4H9.Zn/c2*1-3-5-7-9-11-12-10-8-6-4-2;2*1-3-4-2;/h2*1,3-12H2,2H3;2*1,3-4H2,2H3;. The summed E-state index contributed by atoms with van der Waals surface area (Å²) in [5, 5.41) is 6.96. The number of rotatable bonds is 28. The van der Waals surface area contributed by atoms with Crippen LogP contribution >= 0.6 is 0 Å². The van der Waals surface area contributed by atoms with Crippen molar-refractivity contribution < 1.29 is 14.8 Å². The molecule has 0 saturated heterocycles. The first kappa shape index (κ1) is 33.6. The summed E-state index contributed by atoms with van der Waals surface area (Å²) < 4.78 is 0. The molecule has 198 valence electrons. The minimum absolute atomic E-state index is 1.38. The van der Waals surface area contributed by atoms with Gasteiger partial charge in [0.2, 0.25) is 0 Å². The molecular weight excluding hydrogens is 450 g/mol. The van der Waals surface area contributed by atoms with E-state index in [1.807, 2.05) is 0 Å². The first-order valence-electron chi connectivity index (χ1n) is 16.8. The Morgan fingerprint density at radius 1 is 0.242 bits per heavy atom. The van der Waals surface area contributed by atoms with E-state index < -0.39 is 14.8 Å². The summed E-state index contributed by atoms with van der Waals surface area (Å²) >= 11 is -2.00. The molecule has 0 aliphatic carbocycles. The summed E-state index contributed by atoms with van der Waals surface area (Å²) in [6, 6.07) is 0. The second-order valence-electron chi connectivity index (χ2n) is 12.6. The maximum absolute atomic E-state index is 2.43. The molecule has 0 rings (SSSR count). The molecule has 0 atom stereocenters. The third-order valence-electron chi connectivity index (χ3n) is 9.41. The Morgan fingerprint density at radius 2 is 0.455 bits per heavy atom. The van der Waals surface area contributed by atoms with Gasteiger partial charge in [0.1, 0.15) is 0 Å². The van der Waals surface area contributed by atoms with E-state index in [1.165, 1.54) is 116 Å². The number of hydrogen-bond acceptors (Lipinski definition) is 0. The molecule has 0 saturated carbocycles. The average molecular weight is 518 g/mol. The summed E-state index contributed by atoms with van der Waals surface area (Å²) in [6.07, 6.45) is 35.9. The molecule has 0 aliphatic rings. The second-order valence-corrected chi connectivity index (χ2v) is 27.4. The van der Waals surface area contributed by atoms with Gasteiger partial charge in [0, 0.05) is 0 Å². The Labute approximate surface area is 216 Å². The van der Waals surface area contributed by atoms with E-state index in [4.69, 9.17) is 0 Å². The Morgan fingerprint density at radius 3 is 0.727 bits per heavy atom. The molecule has 0 aliphatic heterocycles. The second kappa shape index (κ2) is 27.2. The van der Waals surface area contributed by atoms with Crippen molar-refractivity contribution in [2.24, 2.45) is 0 Å². The molecule has 0 heterocycles. The molecule has 0 radical (unpaired) electrons. The van der Waals surface area contributed by atoms with Crippen molar-refractivity contribution in [2.75, 3.05) is 0 Å². The zero-order valence-corrected chi connectivity index (χ0v) is 27.5. The summed E-state index contributed by atoms with van der Waals surface area (Å²) in [5.74, 6) is 0. The van der Waals surface area contributed by atoms with E-state index in [9.17, 15) is 0 Å². The van der Waals surface area contributed by atoms with E-state index in [-0.39, 0.29) is 0 Å². The third kappa shape index (κ3) is 22.8. The average Bonchev–Trinajstić information content (AvgIpc) is 2.83. The Bertz CT molecular complexity index is 316. The van der Waals surface area contributed by atoms with Crippen molar-refractivity contribution in [3.05, 3.63) is 0 Å². The van der Waals surface area contributed by atoms with Gasteiger partial charge in [0.25, 0.3) is 0 Å². The summed E-state index contributed by atoms with van der Waals surface area (Å²) in [4.78, 5) is 0. The van der Waals surface area contributed by atoms with Crippen molar-refractivity contribution in [3.63, 3.8) is 0 Å². The molecule has 0 aromatic heterocycles. The third-order valence-corrected chi connectivity index (χ3v) is 26.2. The van der Waals surface area contributed by atoms with Crippen LogP contribution in [0.2, 0.25) is 20.1 Å². The molecule has 0 bridgehead atoms. The molecule has 1 heteroatoms. The molecule has 0 aromatic rings. The molecule has 0 unspecified atom stereocenters. The van der Waals surface area contributed by atoms with Crippen LogP contribution in [0.25, 0.3) is 0 Å². The van der Waals surface area contributed by atoms with Crippen molar-refractivity contribution in [1.82, 2.24) is 0 Å². The van der Waals surface area contributed by atoms with Crippen LogP contribution in [0.1, 0.15) is 182 Å². The Hall–Kier alpha value is 0.623. The minimum atomic E-state index is -2.00. The van der Waals surface area contributed by atoms with Gasteiger partial charge in [-0.2, -0.15) is 0 Å². The monoisotopic (exact) mass is 516 g/mol. The molecule has 0 nitrogen and oxygen atoms in total. The van der Waals surface area contributed by atoms with Gasteiger partial charge in [0.15, 0.2) is 0 Å². The van der Waals surface area contributed by atoms with Gasteiger partial charge in [-0.15, -0.1) is 0 Å². The van der Waals surface area contributed by atoms with Crippen LogP contribution in [0.5, 0.6) is 0 Å². The molecule has 0 fully saturated rings. The normalized spacial score (nSPS) is 11.5. The molecular formula is C32H68Zn. The van der Waals surface area contributed by atoms with Gasteiger partial charge in [-0.3, -0.25) is 0 Å². The zero-order chi connectivity index (χ0) is 24.3. The fourth-order valence-electron chi connectivity index (χ4n) is 7.01. The summed E-state index contributed by atoms with van der Waals surface area (Å²) in [6.45, 7) is 9.50. The van der Waals surface area contributed by atoms with E-state index in [0.29, 0.717) is 0 Å². The quantitative estimate of drug-likeness (QED) is 0.0714. The van der Waals surface area contributed by atoms with Gasteiger partial charge in [-0.05, 0) is 0 Å². The van der Waals surface area contributed by atoms with E-state index in [0.717, 1.165) is 0 Å². The predicted molar refractivity (Wildman–Crippen MR) is 153 cm³/mol. The van der Waals surface area contributed by atoms with Crippen LogP contribution in [-0.4, -0.2) is 0 Å². The Balaban J connectivity index is 4.15. The van der Waals surface area contributed by atoms with Crippen molar-refractivity contribution >= 4 is 0 Å². The van der Waals surface area contributed by atoms with Crippen LogP contribution in [0.15, 0.2) is 0 Å². The van der Waals surface area contributed by atoms with Crippen LogP contribution < -0.4 is 0 Å². The summed E-state index contributed by atoms with van der Waals surface area (Å²) in [7, 11) is 0. The topological polar surface area (TPSA) is 0 Å². The summed E-state index contributed by atoms with van der Waals surface area (Å²) in [5.41, 5.74) is 0. The SMILES string of the molecule is CCCCCCCCCCC[CH2][Zn]([CH2]CCC)([CH2]CCC)[CH2]CCCCCCCCCCC. The van der Waals surface area contributed by atoms with Gasteiger partial charge in [0.05, 0.1) is 0 Å². The van der Waals surface area contributed by atoms with Crippen molar-refractivity contribution in [3.8, 4) is 0 Å². The first-order chi connectivity index (χ1) is 16.2. The molecule has 33 heavy (non-hydrogen) atoms. The fourth-order valence-corrected chi connectivity index (χ4v) is 23.9. The molecule has 0 amide bonds. The number of hydrogen-bond donors (Lipinski definition) is 0. The zero-order valence-electron chi connectivity index (χ0n) is 24.5. The van der Waals surface area contributed by atoms with E-state index in [2.05, 4.69) is 27.7 Å². The van der Waals surface area contributed by atoms with Crippen molar-refractivity contribution in [1.29, 1.82) is 0 Å². The fraction of sp³-hybridized carbons (Fsp3) is 1.00. The predicted octanol–water partition coefficient (Wildman–Crippen LogP) is 13.3. The van der Waals surface area contributed by atoms with Crippen molar-refractivity contribution in [2.45, 2.75) is 202 Å². The van der Waals surface area contributed by atoms with Gasteiger partial charge in [-0.1, -0.05) is 0 Å². The van der Waals surface area contributed by atoms with E-state index in [1.54, 1.807) is 58.6 Å². The van der Waals surface area contributed by atoms with Crippen LogP contribution in [0.4, 0.5) is 0 Å². The van der Waals surface area contributed by atoms with Gasteiger partial charge < -0.3 is 0 Å². The molecule has 0 spiro atoms. The van der Waals surface area contributed by atoms with Gasteiger partial charge in [-0.25, -0.2) is 0 Å². The van der Waals surface area contributed by atoms with Crippen LogP contribution in [0, 0.1) is 0 Å². The first-order valence-corrected chi connectivity index (χ1v) is 25.2. The van der Waals surface area contributed by atoms with Gasteiger partial charge >= 0.3 is 217 Å². The van der Waals surface area contributed by atoms with E-state index >= 15 is 0 Å². The van der Waals surface area contributed by atoms with Crippen LogP contribution in [0.3, 0.4) is 0 Å². The number of unbranched alkanes of at least 4 members (excludes halogenated alkanes) is 20. The molecule has 0 N–H and O–H groups in total. The van der Waals surface area contributed by atoms with Crippen LogP contribution in [-0.2, 0) is 14.8 Å². The Kier molecular flexibility index (Phi) is 27.7.